The molecule has 244 valence electrons. The largest absolute Gasteiger partial charge is 0.497 e. The van der Waals surface area contributed by atoms with E-state index in [2.05, 4.69) is 10.6 Å². The van der Waals surface area contributed by atoms with Crippen LogP contribution in [-0.2, 0) is 34.7 Å². The van der Waals surface area contributed by atoms with E-state index in [1.807, 2.05) is 0 Å². The van der Waals surface area contributed by atoms with Crippen LogP contribution in [-0.4, -0.2) is 118 Å². The van der Waals surface area contributed by atoms with Gasteiger partial charge in [-0.15, -0.1) is 0 Å². The molecule has 1 aromatic carbocycles. The lowest BCUT2D eigenvalue weighted by atomic mass is 9.87. The average Bonchev–Trinajstić information content (AvgIpc) is 3.67. The third-order valence-electron chi connectivity index (χ3n) is 8.05. The number of nitrogens with zero attached hydrogens (tertiary/aromatic N) is 2. The number of carbonyl (C=O) groups is 5. The summed E-state index contributed by atoms with van der Waals surface area (Å²) < 4.78 is 20.1. The summed E-state index contributed by atoms with van der Waals surface area (Å²) in [6.07, 6.45) is 5.64. The van der Waals surface area contributed by atoms with E-state index in [1.165, 1.54) is 16.9 Å². The Bertz CT molecular complexity index is 1240. The Balaban J connectivity index is 0.00000124. The fraction of sp³-hybridized carbons (Fsp3) is 0.633. The first-order valence-electron chi connectivity index (χ1n) is 14.7. The van der Waals surface area contributed by atoms with Crippen LogP contribution in [0.1, 0.15) is 62.7 Å². The average molecular weight is 637 g/mol. The molecule has 0 aromatic heterocycles. The first-order valence-corrected chi connectivity index (χ1v) is 16.7. The standard InChI is InChI=1S/C28H38N4O8.C2H6OS/c1-27(2,29-22(33)18-8-10-19(39-3)11-9-18)25(37)31-14-4-6-20(31)23(34)30-28(12-16-40-17-13-28)26(38)32-15-5-7-21(32)24(35)36;1-4(2)3/h8-11,20-21H,4-7,12-17H2,1-3H3,(H,29,33)(H,30,34)(H,35,36);1-2H3/t20-,21-;/m0./s1. The third-order valence-corrected chi connectivity index (χ3v) is 8.05. The van der Waals surface area contributed by atoms with Crippen LogP contribution in [0, 0.1) is 0 Å². The van der Waals surface area contributed by atoms with Gasteiger partial charge >= 0.3 is 5.97 Å². The van der Waals surface area contributed by atoms with E-state index in [0.717, 1.165) is 0 Å². The van der Waals surface area contributed by atoms with E-state index >= 15 is 0 Å². The molecular weight excluding hydrogens is 592 g/mol. The van der Waals surface area contributed by atoms with Crippen molar-refractivity contribution in [2.45, 2.75) is 75.5 Å². The van der Waals surface area contributed by atoms with Crippen LogP contribution in [0.15, 0.2) is 24.3 Å². The Kier molecular flexibility index (Phi) is 11.9. The maximum absolute atomic E-state index is 13.7. The zero-order valence-corrected chi connectivity index (χ0v) is 26.9. The SMILES string of the molecule is COc1ccc(C(=O)NC(C)(C)C(=O)N2CCC[C@H]2C(=O)NC2(C(=O)N3CCC[C@H]3C(=O)O)CCOCC2)cc1.CS(C)=O. The summed E-state index contributed by atoms with van der Waals surface area (Å²) >= 11 is 0. The predicted molar refractivity (Wildman–Crippen MR) is 163 cm³/mol. The number of benzene rings is 1. The van der Waals surface area contributed by atoms with Gasteiger partial charge in [0.05, 0.1) is 7.11 Å². The van der Waals surface area contributed by atoms with E-state index in [0.29, 0.717) is 50.1 Å². The first kappa shape index (κ1) is 35.0. The molecule has 13 nitrogen and oxygen atoms in total. The van der Waals surface area contributed by atoms with Gasteiger partial charge in [-0.3, -0.25) is 23.4 Å². The molecule has 0 aliphatic carbocycles. The molecule has 0 radical (unpaired) electrons. The van der Waals surface area contributed by atoms with E-state index in [4.69, 9.17) is 9.47 Å². The minimum absolute atomic E-state index is 0.213. The summed E-state index contributed by atoms with van der Waals surface area (Å²) in [7, 11) is 0.915. The molecule has 3 heterocycles. The molecular formula is C30H44N4O9S. The van der Waals surface area contributed by atoms with E-state index in [1.54, 1.807) is 50.6 Å². The van der Waals surface area contributed by atoms with Crippen LogP contribution in [0.2, 0.25) is 0 Å². The minimum atomic E-state index is -1.31. The van der Waals surface area contributed by atoms with Crippen LogP contribution in [0.25, 0.3) is 0 Å². The number of nitrogens with one attached hydrogen (secondary N) is 2. The molecule has 4 amide bonds. The Hall–Kier alpha value is -3.52. The molecule has 3 saturated heterocycles. The van der Waals surface area contributed by atoms with E-state index < -0.39 is 63.6 Å². The number of hydrogen-bond acceptors (Lipinski definition) is 8. The van der Waals surface area contributed by atoms with Crippen molar-refractivity contribution in [3.05, 3.63) is 29.8 Å². The summed E-state index contributed by atoms with van der Waals surface area (Å²) in [5.74, 6) is -2.20. The predicted octanol–water partition coefficient (Wildman–Crippen LogP) is 0.930. The molecule has 2 atom stereocenters. The van der Waals surface area contributed by atoms with Crippen molar-refractivity contribution in [2.75, 3.05) is 45.9 Å². The van der Waals surface area contributed by atoms with Gasteiger partial charge in [0.15, 0.2) is 0 Å². The molecule has 3 fully saturated rings. The lowest BCUT2D eigenvalue weighted by molar-refractivity contribution is -0.155. The van der Waals surface area contributed by atoms with Gasteiger partial charge in [-0.05, 0) is 63.8 Å². The molecule has 0 spiro atoms. The topological polar surface area (TPSA) is 172 Å². The highest BCUT2D eigenvalue weighted by molar-refractivity contribution is 7.83. The Morgan fingerprint density at radius 2 is 1.52 bits per heavy atom. The number of likely N-dealkylation sites (tertiary alicyclic amines) is 2. The molecule has 3 aliphatic heterocycles. The zero-order valence-electron chi connectivity index (χ0n) is 26.1. The zero-order chi connectivity index (χ0) is 32.7. The van der Waals surface area contributed by atoms with Crippen molar-refractivity contribution in [3.8, 4) is 5.75 Å². The lowest BCUT2D eigenvalue weighted by Gasteiger charge is -2.41. The highest BCUT2D eigenvalue weighted by Crippen LogP contribution is 2.30. The number of ether oxygens (including phenoxy) is 2. The Labute approximate surface area is 260 Å². The van der Waals surface area contributed by atoms with Gasteiger partial charge in [-0.25, -0.2) is 4.79 Å². The van der Waals surface area contributed by atoms with Crippen LogP contribution in [0.4, 0.5) is 0 Å². The Morgan fingerprint density at radius 1 is 0.977 bits per heavy atom. The second-order valence-electron chi connectivity index (χ2n) is 11.9. The van der Waals surface area contributed by atoms with Gasteiger partial charge in [0, 0.05) is 68.0 Å². The van der Waals surface area contributed by atoms with Crippen molar-refractivity contribution in [3.63, 3.8) is 0 Å². The lowest BCUT2D eigenvalue weighted by Crippen LogP contribution is -2.66. The van der Waals surface area contributed by atoms with Crippen LogP contribution >= 0.6 is 0 Å². The van der Waals surface area contributed by atoms with Crippen LogP contribution in [0.5, 0.6) is 5.75 Å². The number of rotatable bonds is 8. The van der Waals surface area contributed by atoms with Crippen molar-refractivity contribution in [1.29, 1.82) is 0 Å². The molecule has 44 heavy (non-hydrogen) atoms. The number of methoxy groups -OCH3 is 1. The maximum Gasteiger partial charge on any atom is 0.326 e. The van der Waals surface area contributed by atoms with Gasteiger partial charge in [0.2, 0.25) is 17.7 Å². The van der Waals surface area contributed by atoms with Crippen molar-refractivity contribution in [2.24, 2.45) is 0 Å². The van der Waals surface area contributed by atoms with Crippen molar-refractivity contribution < 1.29 is 42.8 Å². The summed E-state index contributed by atoms with van der Waals surface area (Å²) in [5.41, 5.74) is -2.25. The molecule has 1 aromatic rings. The fourth-order valence-electron chi connectivity index (χ4n) is 5.77. The monoisotopic (exact) mass is 636 g/mol. The van der Waals surface area contributed by atoms with Crippen LogP contribution in [0.3, 0.4) is 0 Å². The molecule has 3 aliphatic rings. The molecule has 0 unspecified atom stereocenters. The molecule has 0 bridgehead atoms. The van der Waals surface area contributed by atoms with Crippen molar-refractivity contribution >= 4 is 40.4 Å². The summed E-state index contributed by atoms with van der Waals surface area (Å²) in [4.78, 5) is 68.5. The highest BCUT2D eigenvalue weighted by atomic mass is 32.2. The van der Waals surface area contributed by atoms with Gasteiger partial charge < -0.3 is 35.0 Å². The Morgan fingerprint density at radius 3 is 2.07 bits per heavy atom. The van der Waals surface area contributed by atoms with Gasteiger partial charge in [-0.1, -0.05) is 0 Å². The summed E-state index contributed by atoms with van der Waals surface area (Å²) in [5, 5.41) is 15.3. The molecule has 3 N–H and O–H groups in total. The smallest absolute Gasteiger partial charge is 0.326 e. The summed E-state index contributed by atoms with van der Waals surface area (Å²) in [6, 6.07) is 4.74. The molecule has 14 heteroatoms. The van der Waals surface area contributed by atoms with Gasteiger partial charge in [0.25, 0.3) is 5.91 Å². The number of carboxylic acid groups (broad SMARTS) is 1. The van der Waals surface area contributed by atoms with Crippen molar-refractivity contribution in [1.82, 2.24) is 20.4 Å². The fourth-order valence-corrected chi connectivity index (χ4v) is 5.77. The number of amides is 4. The number of hydrogen-bond donors (Lipinski definition) is 3. The maximum atomic E-state index is 13.7. The van der Waals surface area contributed by atoms with Crippen LogP contribution < -0.4 is 15.4 Å². The normalized spacial score (nSPS) is 21.2. The summed E-state index contributed by atoms with van der Waals surface area (Å²) in [6.45, 7) is 4.31. The second kappa shape index (κ2) is 15.0. The first-order chi connectivity index (χ1) is 20.7. The number of carbonyl (C=O) groups excluding carboxylic acids is 4. The van der Waals surface area contributed by atoms with E-state index in [-0.39, 0.29) is 26.1 Å². The number of aliphatic carboxylic acids is 1. The third kappa shape index (κ3) is 8.35. The second-order valence-corrected chi connectivity index (χ2v) is 13.4. The highest BCUT2D eigenvalue weighted by Gasteiger charge is 2.50. The van der Waals surface area contributed by atoms with E-state index in [9.17, 15) is 33.3 Å². The van der Waals surface area contributed by atoms with Gasteiger partial charge in [-0.2, -0.15) is 0 Å². The molecule has 0 saturated carbocycles. The molecule has 4 rings (SSSR count). The number of carboxylic acids is 1. The minimum Gasteiger partial charge on any atom is -0.497 e. The van der Waals surface area contributed by atoms with Gasteiger partial charge in [0.1, 0.15) is 28.9 Å². The quantitative estimate of drug-likeness (QED) is 0.375.